The number of hydrogen-bond donors (Lipinski definition) is 0. The molecule has 1 aromatic carbocycles. The lowest BCUT2D eigenvalue weighted by Crippen LogP contribution is -1.87. The molecule has 2 aromatic rings. The molecule has 0 saturated heterocycles. The molecule has 0 amide bonds. The van der Waals surface area contributed by atoms with Crippen LogP contribution in [0, 0.1) is 13.8 Å². The minimum atomic E-state index is 1.23. The van der Waals surface area contributed by atoms with Crippen LogP contribution in [-0.4, -0.2) is 4.98 Å². The average molecular weight is 183 g/mol. The molecular weight excluding hydrogens is 170 g/mol. The summed E-state index contributed by atoms with van der Waals surface area (Å²) in [5.74, 6) is 0. The van der Waals surface area contributed by atoms with Crippen molar-refractivity contribution >= 4 is 0 Å². The van der Waals surface area contributed by atoms with Crippen molar-refractivity contribution in [2.45, 2.75) is 13.8 Å². The van der Waals surface area contributed by atoms with Gasteiger partial charge in [-0.2, -0.15) is 0 Å². The highest BCUT2D eigenvalue weighted by Crippen LogP contribution is 2.24. The number of pyridine rings is 1. The third-order valence-electron chi connectivity index (χ3n) is 2.47. The Morgan fingerprint density at radius 2 is 1.57 bits per heavy atom. The Morgan fingerprint density at radius 3 is 2.29 bits per heavy atom. The SMILES string of the molecule is Cc1ccccc1-c1cnccc1C. The Morgan fingerprint density at radius 1 is 0.857 bits per heavy atom. The summed E-state index contributed by atoms with van der Waals surface area (Å²) in [5.41, 5.74) is 5.07. The van der Waals surface area contributed by atoms with E-state index in [1.54, 1.807) is 0 Å². The highest BCUT2D eigenvalue weighted by Gasteiger charge is 2.02. The Kier molecular flexibility index (Phi) is 2.32. The molecule has 0 aliphatic heterocycles. The van der Waals surface area contributed by atoms with Gasteiger partial charge >= 0.3 is 0 Å². The van der Waals surface area contributed by atoms with E-state index in [9.17, 15) is 0 Å². The maximum absolute atomic E-state index is 4.16. The van der Waals surface area contributed by atoms with Crippen LogP contribution in [0.25, 0.3) is 11.1 Å². The van der Waals surface area contributed by atoms with Crippen molar-refractivity contribution in [1.29, 1.82) is 0 Å². The fourth-order valence-electron chi connectivity index (χ4n) is 1.62. The van der Waals surface area contributed by atoms with Gasteiger partial charge in [0, 0.05) is 18.0 Å². The molecule has 0 aliphatic carbocycles. The Labute approximate surface area is 84.4 Å². The minimum Gasteiger partial charge on any atom is -0.264 e. The van der Waals surface area contributed by atoms with E-state index in [0.717, 1.165) is 0 Å². The largest absolute Gasteiger partial charge is 0.264 e. The smallest absolute Gasteiger partial charge is 0.0349 e. The Bertz CT molecular complexity index is 403. The van der Waals surface area contributed by atoms with Crippen molar-refractivity contribution in [3.05, 3.63) is 53.9 Å². The number of aryl methyl sites for hydroxylation is 2. The standard InChI is InChI=1S/C13H13N/c1-10-5-3-4-6-12(10)13-9-14-8-7-11(13)2/h3-9H,1-2H3. The van der Waals surface area contributed by atoms with E-state index in [0.29, 0.717) is 0 Å². The Balaban J connectivity index is 2.61. The zero-order valence-corrected chi connectivity index (χ0v) is 8.49. The zero-order valence-electron chi connectivity index (χ0n) is 8.49. The van der Waals surface area contributed by atoms with Crippen LogP contribution in [0.1, 0.15) is 11.1 Å². The quantitative estimate of drug-likeness (QED) is 0.660. The molecule has 70 valence electrons. The van der Waals surface area contributed by atoms with Crippen molar-refractivity contribution in [3.8, 4) is 11.1 Å². The molecule has 0 saturated carbocycles. The summed E-state index contributed by atoms with van der Waals surface area (Å²) in [6.45, 7) is 4.24. The molecule has 0 fully saturated rings. The first-order chi connectivity index (χ1) is 6.79. The number of aromatic nitrogens is 1. The van der Waals surface area contributed by atoms with Crippen LogP contribution in [0.5, 0.6) is 0 Å². The van der Waals surface area contributed by atoms with E-state index in [1.165, 1.54) is 22.3 Å². The van der Waals surface area contributed by atoms with E-state index in [-0.39, 0.29) is 0 Å². The summed E-state index contributed by atoms with van der Waals surface area (Å²) in [6.07, 6.45) is 3.76. The topological polar surface area (TPSA) is 12.9 Å². The molecule has 0 bridgehead atoms. The van der Waals surface area contributed by atoms with Crippen LogP contribution >= 0.6 is 0 Å². The van der Waals surface area contributed by atoms with Crippen LogP contribution in [0.3, 0.4) is 0 Å². The van der Waals surface area contributed by atoms with E-state index >= 15 is 0 Å². The van der Waals surface area contributed by atoms with Gasteiger partial charge in [-0.15, -0.1) is 0 Å². The lowest BCUT2D eigenvalue weighted by Gasteiger charge is -2.07. The van der Waals surface area contributed by atoms with Gasteiger partial charge in [-0.3, -0.25) is 4.98 Å². The van der Waals surface area contributed by atoms with Gasteiger partial charge in [0.1, 0.15) is 0 Å². The summed E-state index contributed by atoms with van der Waals surface area (Å²) in [6, 6.07) is 10.4. The minimum absolute atomic E-state index is 1.23. The maximum atomic E-state index is 4.16. The molecule has 0 spiro atoms. The predicted molar refractivity (Wildman–Crippen MR) is 59.1 cm³/mol. The maximum Gasteiger partial charge on any atom is 0.0349 e. The molecule has 1 aromatic heterocycles. The van der Waals surface area contributed by atoms with Crippen molar-refractivity contribution in [1.82, 2.24) is 4.98 Å². The second kappa shape index (κ2) is 3.62. The normalized spacial score (nSPS) is 10.1. The van der Waals surface area contributed by atoms with Gasteiger partial charge in [0.2, 0.25) is 0 Å². The second-order valence-electron chi connectivity index (χ2n) is 3.51. The van der Waals surface area contributed by atoms with Crippen LogP contribution in [0.2, 0.25) is 0 Å². The van der Waals surface area contributed by atoms with E-state index < -0.39 is 0 Å². The number of hydrogen-bond acceptors (Lipinski definition) is 1. The molecular formula is C13H13N. The fourth-order valence-corrected chi connectivity index (χ4v) is 1.62. The molecule has 0 radical (unpaired) electrons. The number of rotatable bonds is 1. The predicted octanol–water partition coefficient (Wildman–Crippen LogP) is 3.37. The Hall–Kier alpha value is -1.63. The lowest BCUT2D eigenvalue weighted by molar-refractivity contribution is 1.28. The highest BCUT2D eigenvalue weighted by atomic mass is 14.6. The van der Waals surface area contributed by atoms with E-state index in [1.807, 2.05) is 18.5 Å². The van der Waals surface area contributed by atoms with Crippen LogP contribution in [0.15, 0.2) is 42.7 Å². The first kappa shape index (κ1) is 8.95. The molecule has 0 N–H and O–H groups in total. The van der Waals surface area contributed by atoms with Crippen LogP contribution < -0.4 is 0 Å². The first-order valence-electron chi connectivity index (χ1n) is 4.75. The van der Waals surface area contributed by atoms with Gasteiger partial charge in [-0.05, 0) is 36.6 Å². The fraction of sp³-hybridized carbons (Fsp3) is 0.154. The molecule has 0 aliphatic rings. The number of nitrogens with zero attached hydrogens (tertiary/aromatic N) is 1. The summed E-state index contributed by atoms with van der Waals surface area (Å²) in [7, 11) is 0. The molecule has 1 heteroatoms. The molecule has 2 rings (SSSR count). The molecule has 0 atom stereocenters. The third kappa shape index (κ3) is 1.53. The van der Waals surface area contributed by atoms with Crippen LogP contribution in [0.4, 0.5) is 0 Å². The van der Waals surface area contributed by atoms with Crippen LogP contribution in [-0.2, 0) is 0 Å². The second-order valence-corrected chi connectivity index (χ2v) is 3.51. The lowest BCUT2D eigenvalue weighted by atomic mass is 9.99. The van der Waals surface area contributed by atoms with Crippen molar-refractivity contribution < 1.29 is 0 Å². The summed E-state index contributed by atoms with van der Waals surface area (Å²) in [4.78, 5) is 4.16. The molecule has 14 heavy (non-hydrogen) atoms. The monoisotopic (exact) mass is 183 g/mol. The summed E-state index contributed by atoms with van der Waals surface area (Å²) >= 11 is 0. The van der Waals surface area contributed by atoms with Gasteiger partial charge in [-0.1, -0.05) is 24.3 Å². The average Bonchev–Trinajstić information content (AvgIpc) is 2.20. The van der Waals surface area contributed by atoms with Gasteiger partial charge in [0.05, 0.1) is 0 Å². The number of benzene rings is 1. The van der Waals surface area contributed by atoms with Gasteiger partial charge in [-0.25, -0.2) is 0 Å². The van der Waals surface area contributed by atoms with Gasteiger partial charge < -0.3 is 0 Å². The van der Waals surface area contributed by atoms with Crippen molar-refractivity contribution in [2.24, 2.45) is 0 Å². The third-order valence-corrected chi connectivity index (χ3v) is 2.47. The highest BCUT2D eigenvalue weighted by molar-refractivity contribution is 5.69. The van der Waals surface area contributed by atoms with Gasteiger partial charge in [0.25, 0.3) is 0 Å². The molecule has 0 unspecified atom stereocenters. The zero-order chi connectivity index (χ0) is 9.97. The first-order valence-corrected chi connectivity index (χ1v) is 4.75. The summed E-state index contributed by atoms with van der Waals surface area (Å²) < 4.78 is 0. The molecule has 1 nitrogen and oxygen atoms in total. The molecule has 1 heterocycles. The van der Waals surface area contributed by atoms with E-state index in [4.69, 9.17) is 0 Å². The summed E-state index contributed by atoms with van der Waals surface area (Å²) in [5, 5.41) is 0. The van der Waals surface area contributed by atoms with Crippen molar-refractivity contribution in [2.75, 3.05) is 0 Å². The van der Waals surface area contributed by atoms with E-state index in [2.05, 4.69) is 43.1 Å². The van der Waals surface area contributed by atoms with Crippen molar-refractivity contribution in [3.63, 3.8) is 0 Å². The van der Waals surface area contributed by atoms with Gasteiger partial charge in [0.15, 0.2) is 0 Å².